The van der Waals surface area contributed by atoms with Crippen molar-refractivity contribution >= 4 is 42.5 Å². The quantitative estimate of drug-likeness (QED) is 0.837. The summed E-state index contributed by atoms with van der Waals surface area (Å²) < 4.78 is 0. The number of hydrogen-bond donors (Lipinski definition) is 1. The van der Waals surface area contributed by atoms with Crippen LogP contribution in [0, 0.1) is 0 Å². The van der Waals surface area contributed by atoms with Crippen LogP contribution in [0.4, 0.5) is 0 Å². The average Bonchev–Trinajstić information content (AvgIpc) is 3.24. The molecular formula is C13H25Cl2N3OS. The lowest BCUT2D eigenvalue weighted by atomic mass is 10.2. The Morgan fingerprint density at radius 1 is 1.15 bits per heavy atom. The highest BCUT2D eigenvalue weighted by Crippen LogP contribution is 2.27. The van der Waals surface area contributed by atoms with Gasteiger partial charge in [-0.3, -0.25) is 9.69 Å². The summed E-state index contributed by atoms with van der Waals surface area (Å²) in [6.45, 7) is 5.11. The van der Waals surface area contributed by atoms with Gasteiger partial charge in [0.05, 0.1) is 0 Å². The second-order valence-electron chi connectivity index (χ2n) is 5.58. The van der Waals surface area contributed by atoms with Crippen molar-refractivity contribution in [2.75, 3.05) is 44.2 Å². The Balaban J connectivity index is 0.000001000. The second kappa shape index (κ2) is 8.69. The van der Waals surface area contributed by atoms with E-state index in [0.29, 0.717) is 18.4 Å². The van der Waals surface area contributed by atoms with Crippen LogP contribution in [0.15, 0.2) is 0 Å². The van der Waals surface area contributed by atoms with Gasteiger partial charge in [0.1, 0.15) is 0 Å². The van der Waals surface area contributed by atoms with Crippen molar-refractivity contribution in [3.63, 3.8) is 0 Å². The van der Waals surface area contributed by atoms with E-state index < -0.39 is 0 Å². The monoisotopic (exact) mass is 341 g/mol. The molecule has 2 aliphatic heterocycles. The van der Waals surface area contributed by atoms with Gasteiger partial charge in [0.15, 0.2) is 0 Å². The van der Waals surface area contributed by atoms with Crippen LogP contribution in [0.25, 0.3) is 0 Å². The summed E-state index contributed by atoms with van der Waals surface area (Å²) >= 11 is 1.96. The molecule has 0 radical (unpaired) electrons. The third-order valence-corrected chi connectivity index (χ3v) is 5.28. The van der Waals surface area contributed by atoms with Gasteiger partial charge >= 0.3 is 0 Å². The first-order valence-corrected chi connectivity index (χ1v) is 8.31. The Morgan fingerprint density at radius 3 is 2.40 bits per heavy atom. The number of carbonyl (C=O) groups excluding carboxylic acids is 1. The highest BCUT2D eigenvalue weighted by Gasteiger charge is 2.32. The standard InChI is InChI=1S/C13H23N3OS.2ClH/c17-13(9-11-10-18-8-3-14-11)16-6-4-15(5-7-16)12-1-2-12;;/h11-12,14H,1-10H2;2*1H. The zero-order valence-corrected chi connectivity index (χ0v) is 14.2. The molecule has 7 heteroatoms. The summed E-state index contributed by atoms with van der Waals surface area (Å²) in [5, 5.41) is 3.45. The molecule has 0 spiro atoms. The molecule has 1 saturated carbocycles. The molecule has 4 nitrogen and oxygen atoms in total. The SMILES string of the molecule is Cl.Cl.O=C(CC1CSCCN1)N1CCN(C2CC2)CC1. The normalized spacial score (nSPS) is 27.4. The van der Waals surface area contributed by atoms with Gasteiger partial charge in [-0.25, -0.2) is 0 Å². The number of hydrogen-bond acceptors (Lipinski definition) is 4. The van der Waals surface area contributed by atoms with E-state index in [9.17, 15) is 4.79 Å². The van der Waals surface area contributed by atoms with Crippen LogP contribution in [0.5, 0.6) is 0 Å². The number of rotatable bonds is 3. The van der Waals surface area contributed by atoms with Crippen molar-refractivity contribution in [2.24, 2.45) is 0 Å². The number of amides is 1. The van der Waals surface area contributed by atoms with Crippen molar-refractivity contribution in [2.45, 2.75) is 31.3 Å². The smallest absolute Gasteiger partial charge is 0.224 e. The maximum Gasteiger partial charge on any atom is 0.224 e. The van der Waals surface area contributed by atoms with Crippen LogP contribution in [-0.2, 0) is 4.79 Å². The Morgan fingerprint density at radius 2 is 1.85 bits per heavy atom. The average molecular weight is 342 g/mol. The molecule has 2 heterocycles. The van der Waals surface area contributed by atoms with Gasteiger partial charge in [0.2, 0.25) is 5.91 Å². The first-order chi connectivity index (χ1) is 8.83. The van der Waals surface area contributed by atoms with Gasteiger partial charge in [-0.05, 0) is 12.8 Å². The van der Waals surface area contributed by atoms with Crippen LogP contribution >= 0.6 is 36.6 Å². The predicted octanol–water partition coefficient (Wildman–Crippen LogP) is 1.23. The number of halogens is 2. The van der Waals surface area contributed by atoms with Crippen molar-refractivity contribution in [1.82, 2.24) is 15.1 Å². The molecule has 0 aromatic carbocycles. The largest absolute Gasteiger partial charge is 0.340 e. The first kappa shape index (κ1) is 18.4. The van der Waals surface area contributed by atoms with E-state index in [1.54, 1.807) is 0 Å². The fourth-order valence-corrected chi connectivity index (χ4v) is 3.82. The molecule has 2 saturated heterocycles. The predicted molar refractivity (Wildman–Crippen MR) is 89.4 cm³/mol. The van der Waals surface area contributed by atoms with E-state index in [4.69, 9.17) is 0 Å². The van der Waals surface area contributed by atoms with Crippen LogP contribution in [0.1, 0.15) is 19.3 Å². The van der Waals surface area contributed by atoms with Gasteiger partial charge in [-0.1, -0.05) is 0 Å². The maximum absolute atomic E-state index is 12.2. The topological polar surface area (TPSA) is 35.6 Å². The van der Waals surface area contributed by atoms with E-state index >= 15 is 0 Å². The van der Waals surface area contributed by atoms with Crippen LogP contribution in [0.3, 0.4) is 0 Å². The fraction of sp³-hybridized carbons (Fsp3) is 0.923. The number of nitrogens with zero attached hydrogens (tertiary/aromatic N) is 2. The van der Waals surface area contributed by atoms with Crippen molar-refractivity contribution in [1.29, 1.82) is 0 Å². The third-order valence-electron chi connectivity index (χ3n) is 4.15. The molecule has 3 rings (SSSR count). The van der Waals surface area contributed by atoms with Crippen molar-refractivity contribution < 1.29 is 4.79 Å². The first-order valence-electron chi connectivity index (χ1n) is 7.16. The Hall–Kier alpha value is 0.320. The van der Waals surface area contributed by atoms with E-state index in [-0.39, 0.29) is 24.8 Å². The van der Waals surface area contributed by atoms with Gasteiger partial charge in [-0.15, -0.1) is 24.8 Å². The summed E-state index contributed by atoms with van der Waals surface area (Å²) in [6.07, 6.45) is 3.44. The lowest BCUT2D eigenvalue weighted by molar-refractivity contribution is -0.133. The molecule has 1 atom stereocenters. The highest BCUT2D eigenvalue weighted by molar-refractivity contribution is 7.99. The maximum atomic E-state index is 12.2. The molecule has 0 aromatic heterocycles. The van der Waals surface area contributed by atoms with E-state index in [1.807, 2.05) is 11.8 Å². The summed E-state index contributed by atoms with van der Waals surface area (Å²) in [4.78, 5) is 16.8. The molecule has 1 amide bonds. The molecule has 1 unspecified atom stereocenters. The molecule has 1 aliphatic carbocycles. The molecule has 0 bridgehead atoms. The van der Waals surface area contributed by atoms with Crippen LogP contribution in [-0.4, -0.2) is 72.0 Å². The Bertz CT molecular complexity index is 304. The zero-order chi connectivity index (χ0) is 12.4. The minimum Gasteiger partial charge on any atom is -0.340 e. The molecule has 118 valence electrons. The van der Waals surface area contributed by atoms with E-state index in [1.165, 1.54) is 18.6 Å². The third kappa shape index (κ3) is 4.95. The van der Waals surface area contributed by atoms with Crippen molar-refractivity contribution in [3.8, 4) is 0 Å². The van der Waals surface area contributed by atoms with Crippen LogP contribution in [0.2, 0.25) is 0 Å². The minimum absolute atomic E-state index is 0. The summed E-state index contributed by atoms with van der Waals surface area (Å²) in [5.41, 5.74) is 0. The zero-order valence-electron chi connectivity index (χ0n) is 11.8. The lowest BCUT2D eigenvalue weighted by Crippen LogP contribution is -2.51. The Labute approximate surface area is 138 Å². The van der Waals surface area contributed by atoms with Gasteiger partial charge < -0.3 is 10.2 Å². The molecular weight excluding hydrogens is 317 g/mol. The summed E-state index contributed by atoms with van der Waals surface area (Å²) in [7, 11) is 0. The summed E-state index contributed by atoms with van der Waals surface area (Å²) in [5.74, 6) is 2.63. The fourth-order valence-electron chi connectivity index (χ4n) is 2.87. The Kier molecular flexibility index (Phi) is 7.98. The highest BCUT2D eigenvalue weighted by atomic mass is 35.5. The molecule has 1 N–H and O–H groups in total. The van der Waals surface area contributed by atoms with Crippen LogP contribution < -0.4 is 5.32 Å². The van der Waals surface area contributed by atoms with Gasteiger partial charge in [0, 0.05) is 62.7 Å². The molecule has 20 heavy (non-hydrogen) atoms. The van der Waals surface area contributed by atoms with E-state index in [2.05, 4.69) is 15.1 Å². The summed E-state index contributed by atoms with van der Waals surface area (Å²) in [6, 6.07) is 1.25. The van der Waals surface area contributed by atoms with Gasteiger partial charge in [-0.2, -0.15) is 11.8 Å². The minimum atomic E-state index is 0. The molecule has 3 fully saturated rings. The second-order valence-corrected chi connectivity index (χ2v) is 6.73. The van der Waals surface area contributed by atoms with Crippen molar-refractivity contribution in [3.05, 3.63) is 0 Å². The lowest BCUT2D eigenvalue weighted by Gasteiger charge is -2.35. The number of nitrogens with one attached hydrogen (secondary N) is 1. The molecule has 3 aliphatic rings. The number of thioether (sulfide) groups is 1. The number of carbonyl (C=O) groups is 1. The molecule has 0 aromatic rings. The number of piperazine rings is 1. The van der Waals surface area contributed by atoms with Gasteiger partial charge in [0.25, 0.3) is 0 Å². The van der Waals surface area contributed by atoms with E-state index in [0.717, 1.165) is 44.5 Å².